The fourth-order valence-electron chi connectivity index (χ4n) is 5.82. The quantitative estimate of drug-likeness (QED) is 0.158. The highest BCUT2D eigenvalue weighted by molar-refractivity contribution is 5.04. The second kappa shape index (κ2) is 11.0. The predicted molar refractivity (Wildman–Crippen MR) is 121 cm³/mol. The van der Waals surface area contributed by atoms with Gasteiger partial charge >= 0.3 is 0 Å². The summed E-state index contributed by atoms with van der Waals surface area (Å²) in [5.41, 5.74) is -1.59. The fraction of sp³-hybridized carbons (Fsp3) is 1.00. The van der Waals surface area contributed by atoms with Crippen molar-refractivity contribution in [2.45, 2.75) is 105 Å². The molecule has 15 atom stereocenters. The van der Waals surface area contributed by atoms with Crippen LogP contribution in [0.2, 0.25) is 0 Å². The van der Waals surface area contributed by atoms with Crippen LogP contribution < -0.4 is 0 Å². The van der Waals surface area contributed by atoms with E-state index in [0.29, 0.717) is 0 Å². The van der Waals surface area contributed by atoms with Crippen LogP contribution in [0.1, 0.15) is 20.8 Å². The number of aliphatic hydroxyl groups is 9. The predicted octanol–water partition coefficient (Wildman–Crippen LogP) is -5.07. The standard InChI is InChI=1S/C23H40O15/c1-21-8-33-7-9-10(4-24)35-22(2,19(31)13(9)27)38-17-12(6-26)36-23(3,20(32)15(17)29)37-16(11(5-25)34-21)14(28)18(21)30/h9-20,24-32H,4-8H2,1-3H3/t9-,10?,11?,12?,13-,14-,15-,16-,17-,18?,19?,20?,21-,22-,23-/m1/s1. The van der Waals surface area contributed by atoms with Crippen LogP contribution in [0.3, 0.4) is 0 Å². The summed E-state index contributed by atoms with van der Waals surface area (Å²) in [6.07, 6.45) is -17.1. The lowest BCUT2D eigenvalue weighted by Crippen LogP contribution is -2.72. The largest absolute Gasteiger partial charge is 0.394 e. The Balaban J connectivity index is 1.78. The minimum absolute atomic E-state index is 0.282. The van der Waals surface area contributed by atoms with Crippen molar-refractivity contribution in [1.29, 1.82) is 0 Å². The van der Waals surface area contributed by atoms with Crippen LogP contribution >= 0.6 is 0 Å². The van der Waals surface area contributed by atoms with E-state index in [1.54, 1.807) is 0 Å². The molecule has 15 heteroatoms. The lowest BCUT2D eigenvalue weighted by atomic mass is 9.85. The van der Waals surface area contributed by atoms with Crippen LogP contribution in [0.4, 0.5) is 0 Å². The number of ether oxygens (including phenoxy) is 6. The maximum atomic E-state index is 11.0. The molecule has 8 rings (SSSR count). The van der Waals surface area contributed by atoms with Crippen LogP contribution in [0.15, 0.2) is 0 Å². The minimum Gasteiger partial charge on any atom is -0.394 e. The molecule has 0 amide bonds. The number of fused-ring (bicyclic) bond motifs is 1. The Hall–Kier alpha value is -0.600. The summed E-state index contributed by atoms with van der Waals surface area (Å²) >= 11 is 0. The maximum Gasteiger partial charge on any atom is 0.195 e. The molecular formula is C23H40O15. The van der Waals surface area contributed by atoms with E-state index in [1.807, 2.05) is 0 Å². The first kappa shape index (κ1) is 30.4. The molecule has 6 bridgehead atoms. The molecule has 0 aromatic heterocycles. The van der Waals surface area contributed by atoms with Gasteiger partial charge in [-0.1, -0.05) is 0 Å². The molecule has 6 unspecified atom stereocenters. The highest BCUT2D eigenvalue weighted by Crippen LogP contribution is 2.42. The normalized spacial score (nSPS) is 56.2. The van der Waals surface area contributed by atoms with E-state index in [-0.39, 0.29) is 13.2 Å². The van der Waals surface area contributed by atoms with E-state index < -0.39 is 110 Å². The third-order valence-corrected chi connectivity index (χ3v) is 8.16. The summed E-state index contributed by atoms with van der Waals surface area (Å²) in [6, 6.07) is 0. The smallest absolute Gasteiger partial charge is 0.195 e. The van der Waals surface area contributed by atoms with Crippen molar-refractivity contribution in [1.82, 2.24) is 0 Å². The molecule has 222 valence electrons. The first-order chi connectivity index (χ1) is 17.7. The minimum atomic E-state index is -2.11. The van der Waals surface area contributed by atoms with Gasteiger partial charge in [-0.2, -0.15) is 0 Å². The molecule has 8 aliphatic rings. The molecule has 0 saturated carbocycles. The molecule has 9 N–H and O–H groups in total. The summed E-state index contributed by atoms with van der Waals surface area (Å²) in [4.78, 5) is 0. The fourth-order valence-corrected chi connectivity index (χ4v) is 5.82. The molecule has 0 aromatic carbocycles. The Morgan fingerprint density at radius 3 is 1.55 bits per heavy atom. The van der Waals surface area contributed by atoms with Gasteiger partial charge in [0.05, 0.1) is 45.2 Å². The van der Waals surface area contributed by atoms with E-state index in [2.05, 4.69) is 0 Å². The van der Waals surface area contributed by atoms with Crippen LogP contribution in [0.5, 0.6) is 0 Å². The van der Waals surface area contributed by atoms with Crippen molar-refractivity contribution >= 4 is 0 Å². The third kappa shape index (κ3) is 5.01. The Morgan fingerprint density at radius 1 is 0.579 bits per heavy atom. The van der Waals surface area contributed by atoms with Crippen molar-refractivity contribution < 1.29 is 74.4 Å². The lowest BCUT2D eigenvalue weighted by Gasteiger charge is -2.54. The first-order valence-corrected chi connectivity index (χ1v) is 12.6. The van der Waals surface area contributed by atoms with Gasteiger partial charge < -0.3 is 74.4 Å². The van der Waals surface area contributed by atoms with Crippen LogP contribution in [0.25, 0.3) is 0 Å². The summed E-state index contributed by atoms with van der Waals surface area (Å²) in [7, 11) is 0. The molecule has 8 aliphatic heterocycles. The van der Waals surface area contributed by atoms with Crippen molar-refractivity contribution in [3.63, 3.8) is 0 Å². The Morgan fingerprint density at radius 2 is 1.03 bits per heavy atom. The topological polar surface area (TPSA) is 237 Å². The first-order valence-electron chi connectivity index (χ1n) is 12.6. The molecule has 0 spiro atoms. The maximum absolute atomic E-state index is 11.0. The van der Waals surface area contributed by atoms with E-state index in [9.17, 15) is 46.0 Å². The third-order valence-electron chi connectivity index (χ3n) is 8.16. The van der Waals surface area contributed by atoms with Crippen LogP contribution in [-0.2, 0) is 28.4 Å². The van der Waals surface area contributed by atoms with Crippen LogP contribution in [-0.4, -0.2) is 163 Å². The van der Waals surface area contributed by atoms with Gasteiger partial charge in [-0.05, 0) is 20.8 Å². The zero-order valence-electron chi connectivity index (χ0n) is 21.4. The van der Waals surface area contributed by atoms with Crippen molar-refractivity contribution in [2.24, 2.45) is 5.92 Å². The number of aliphatic hydroxyl groups excluding tert-OH is 9. The molecule has 0 aliphatic carbocycles. The van der Waals surface area contributed by atoms with E-state index in [4.69, 9.17) is 28.4 Å². The van der Waals surface area contributed by atoms with Gasteiger partial charge in [-0.15, -0.1) is 0 Å². The zero-order chi connectivity index (χ0) is 28.2. The number of hydrogen-bond donors (Lipinski definition) is 9. The van der Waals surface area contributed by atoms with E-state index in [0.717, 1.165) is 0 Å². The van der Waals surface area contributed by atoms with E-state index >= 15 is 0 Å². The van der Waals surface area contributed by atoms with Crippen molar-refractivity contribution in [2.75, 3.05) is 33.0 Å². The summed E-state index contributed by atoms with van der Waals surface area (Å²) in [6.45, 7) is 1.22. The molecule has 8 saturated heterocycles. The zero-order valence-corrected chi connectivity index (χ0v) is 21.4. The number of hydrogen-bond acceptors (Lipinski definition) is 15. The average molecular weight is 557 g/mol. The van der Waals surface area contributed by atoms with Gasteiger partial charge in [0.15, 0.2) is 11.6 Å². The van der Waals surface area contributed by atoms with Gasteiger partial charge in [0.25, 0.3) is 0 Å². The lowest BCUT2D eigenvalue weighted by molar-refractivity contribution is -0.423. The second-order valence-corrected chi connectivity index (χ2v) is 11.0. The molecule has 38 heavy (non-hydrogen) atoms. The van der Waals surface area contributed by atoms with Gasteiger partial charge in [0, 0.05) is 5.92 Å². The SMILES string of the molecule is C[C@@]12OC(CO)[C@@H](COC[C@@]3(C)OC(CO)[C@@H](O[C@@]4(C)OC(CO)[C@@H](O1)[C@@H](O)C4O)[C@@H](O)C3O)[C@@H](O)C2O. The molecule has 8 heterocycles. The summed E-state index contributed by atoms with van der Waals surface area (Å²) < 4.78 is 34.9. The Kier molecular flexibility index (Phi) is 8.79. The Labute approximate surface area is 219 Å². The number of rotatable bonds is 3. The van der Waals surface area contributed by atoms with Gasteiger partial charge in [0.1, 0.15) is 60.5 Å². The highest BCUT2D eigenvalue weighted by atomic mass is 16.8. The molecule has 0 aromatic rings. The summed E-state index contributed by atoms with van der Waals surface area (Å²) in [5.74, 6) is -5.13. The van der Waals surface area contributed by atoms with Crippen LogP contribution in [0, 0.1) is 5.92 Å². The van der Waals surface area contributed by atoms with Gasteiger partial charge in [0.2, 0.25) is 0 Å². The molecule has 15 nitrogen and oxygen atoms in total. The van der Waals surface area contributed by atoms with Gasteiger partial charge in [-0.25, -0.2) is 0 Å². The van der Waals surface area contributed by atoms with E-state index in [1.165, 1.54) is 20.8 Å². The second-order valence-electron chi connectivity index (χ2n) is 11.0. The van der Waals surface area contributed by atoms with Crippen molar-refractivity contribution in [3.05, 3.63) is 0 Å². The highest BCUT2D eigenvalue weighted by Gasteiger charge is 2.61. The molecule has 8 fully saturated rings. The van der Waals surface area contributed by atoms with Crippen molar-refractivity contribution in [3.8, 4) is 0 Å². The monoisotopic (exact) mass is 556 g/mol. The van der Waals surface area contributed by atoms with Gasteiger partial charge in [-0.3, -0.25) is 0 Å². The Bertz CT molecular complexity index is 814. The average Bonchev–Trinajstić information content (AvgIpc) is 2.89. The molecule has 0 radical (unpaired) electrons. The summed E-state index contributed by atoms with van der Waals surface area (Å²) in [5, 5.41) is 96.0. The molecular weight excluding hydrogens is 516 g/mol.